The first-order valence-electron chi connectivity index (χ1n) is 11.4. The zero-order valence-corrected chi connectivity index (χ0v) is 20.2. The molecule has 2 saturated carbocycles. The van der Waals surface area contributed by atoms with Crippen molar-refractivity contribution in [2.75, 3.05) is 0 Å². The van der Waals surface area contributed by atoms with Crippen LogP contribution in [-0.2, 0) is 21.9 Å². The summed E-state index contributed by atoms with van der Waals surface area (Å²) in [6.07, 6.45) is 18.2. The molecule has 3 aliphatic rings. The van der Waals surface area contributed by atoms with Gasteiger partial charge in [-0.3, -0.25) is 4.79 Å². The van der Waals surface area contributed by atoms with Crippen molar-refractivity contribution >= 4 is 22.5 Å². The molecular formula is C33H24FeO+2. The van der Waals surface area contributed by atoms with Gasteiger partial charge in [-0.25, -0.2) is 0 Å². The Labute approximate surface area is 220 Å². The molecule has 0 aliphatic heterocycles. The van der Waals surface area contributed by atoms with E-state index >= 15 is 0 Å². The molecule has 0 atom stereocenters. The molecular weight excluding hydrogens is 468 g/mol. The topological polar surface area (TPSA) is 17.1 Å². The summed E-state index contributed by atoms with van der Waals surface area (Å²) in [5.74, 6) is 1.15. The Morgan fingerprint density at radius 3 is 1.11 bits per heavy atom. The van der Waals surface area contributed by atoms with Gasteiger partial charge in [-0.1, -0.05) is 91.0 Å². The Morgan fingerprint density at radius 1 is 0.371 bits per heavy atom. The van der Waals surface area contributed by atoms with E-state index in [4.69, 9.17) is 0 Å². The van der Waals surface area contributed by atoms with E-state index in [-0.39, 0.29) is 22.9 Å². The van der Waals surface area contributed by atoms with Crippen LogP contribution in [0, 0.1) is 63.7 Å². The minimum absolute atomic E-state index is 0. The summed E-state index contributed by atoms with van der Waals surface area (Å²) in [6.45, 7) is 0. The van der Waals surface area contributed by atoms with E-state index in [1.807, 2.05) is 124 Å². The summed E-state index contributed by atoms with van der Waals surface area (Å²) < 4.78 is 0. The summed E-state index contributed by atoms with van der Waals surface area (Å²) in [7, 11) is 0. The second-order valence-electron chi connectivity index (χ2n) is 8.06. The van der Waals surface area contributed by atoms with E-state index in [1.54, 1.807) is 0 Å². The number of carbonyl (C=O) groups is 1. The molecule has 0 saturated heterocycles. The standard InChI is InChI=1S/C28H19O.C5H5.Fe/c29-28-26(22-14-6-2-7-15-22)24(20-12-4-1-5-13-20)25(21-18-10-11-19-21)27(28)23-16-8-3-9-17-23;1-2-4-5-3-1;/h1-19H;1-5H;/q;;+2. The molecule has 35 heavy (non-hydrogen) atoms. The van der Waals surface area contributed by atoms with E-state index in [1.165, 1.54) is 0 Å². The van der Waals surface area contributed by atoms with E-state index in [0.717, 1.165) is 44.9 Å². The second-order valence-corrected chi connectivity index (χ2v) is 8.06. The number of benzene rings is 3. The number of allylic oxidation sites excluding steroid dienone is 4. The van der Waals surface area contributed by atoms with Gasteiger partial charge >= 0.3 is 17.1 Å². The van der Waals surface area contributed by atoms with Gasteiger partial charge in [0.1, 0.15) is 0 Å². The van der Waals surface area contributed by atoms with Gasteiger partial charge in [0.25, 0.3) is 0 Å². The van der Waals surface area contributed by atoms with Crippen molar-refractivity contribution < 1.29 is 21.9 Å². The molecule has 0 heterocycles. The first-order valence-corrected chi connectivity index (χ1v) is 11.4. The van der Waals surface area contributed by atoms with Crippen LogP contribution in [-0.4, -0.2) is 5.78 Å². The zero-order chi connectivity index (χ0) is 23.2. The van der Waals surface area contributed by atoms with Crippen LogP contribution in [0.4, 0.5) is 0 Å². The summed E-state index contributed by atoms with van der Waals surface area (Å²) in [5.41, 5.74) is 6.52. The van der Waals surface area contributed by atoms with Gasteiger partial charge < -0.3 is 0 Å². The fraction of sp³-hybridized carbons (Fsp3) is 0. The first-order chi connectivity index (χ1) is 16.8. The number of ketones is 1. The van der Waals surface area contributed by atoms with Crippen LogP contribution in [0.2, 0.25) is 0 Å². The molecule has 2 heteroatoms. The molecule has 0 aromatic heterocycles. The maximum atomic E-state index is 13.9. The molecule has 6 rings (SSSR count). The van der Waals surface area contributed by atoms with Crippen molar-refractivity contribution in [3.8, 4) is 0 Å². The SMILES string of the molecule is O=C1C(c2ccccc2)=C([C]2[CH][CH][CH][CH]2)C(c2ccccc2)=C1c1ccccc1.[CH]1[CH][CH][CH][CH]1.[Fe+2]. The van der Waals surface area contributed by atoms with Gasteiger partial charge in [0, 0.05) is 17.1 Å². The van der Waals surface area contributed by atoms with Gasteiger partial charge in [-0.15, -0.1) is 0 Å². The molecule has 10 radical (unpaired) electrons. The fourth-order valence-electron chi connectivity index (χ4n) is 4.41. The molecule has 0 bridgehead atoms. The van der Waals surface area contributed by atoms with E-state index in [0.29, 0.717) is 0 Å². The minimum Gasteiger partial charge on any atom is -0.289 e. The quantitative estimate of drug-likeness (QED) is 0.357. The minimum atomic E-state index is 0. The van der Waals surface area contributed by atoms with Crippen LogP contribution >= 0.6 is 0 Å². The van der Waals surface area contributed by atoms with Crippen molar-refractivity contribution in [1.82, 2.24) is 0 Å². The summed E-state index contributed by atoms with van der Waals surface area (Å²) in [6, 6.07) is 30.2. The third-order valence-corrected chi connectivity index (χ3v) is 5.90. The Morgan fingerprint density at radius 2 is 0.714 bits per heavy atom. The molecule has 2 fully saturated rings. The normalized spacial score (nSPS) is 17.9. The molecule has 1 nitrogen and oxygen atoms in total. The summed E-state index contributed by atoms with van der Waals surface area (Å²) >= 11 is 0. The fourth-order valence-corrected chi connectivity index (χ4v) is 4.41. The smallest absolute Gasteiger partial charge is 0.289 e. The molecule has 168 valence electrons. The number of carbonyl (C=O) groups excluding carboxylic acids is 1. The molecule has 0 amide bonds. The van der Waals surface area contributed by atoms with Crippen LogP contribution in [0.5, 0.6) is 0 Å². The number of Topliss-reactive ketones (excluding diaryl/α,β-unsaturated/α-hetero) is 1. The summed E-state index contributed by atoms with van der Waals surface area (Å²) in [4.78, 5) is 13.9. The van der Waals surface area contributed by atoms with Crippen molar-refractivity contribution in [3.63, 3.8) is 0 Å². The predicted molar refractivity (Wildman–Crippen MR) is 140 cm³/mol. The third-order valence-electron chi connectivity index (χ3n) is 5.90. The Hall–Kier alpha value is -2.67. The maximum absolute atomic E-state index is 13.9. The molecule has 0 N–H and O–H groups in total. The molecule has 0 unspecified atom stereocenters. The van der Waals surface area contributed by atoms with E-state index in [2.05, 4.69) is 25.0 Å². The second kappa shape index (κ2) is 12.3. The number of rotatable bonds is 4. The van der Waals surface area contributed by atoms with Crippen LogP contribution < -0.4 is 0 Å². The van der Waals surface area contributed by atoms with E-state index < -0.39 is 0 Å². The number of hydrogen-bond donors (Lipinski definition) is 0. The van der Waals surface area contributed by atoms with E-state index in [9.17, 15) is 4.79 Å². The van der Waals surface area contributed by atoms with Gasteiger partial charge in [0.2, 0.25) is 0 Å². The average Bonchev–Trinajstić information content (AvgIpc) is 3.68. The molecule has 3 aromatic rings. The average molecular weight is 492 g/mol. The Kier molecular flexibility index (Phi) is 8.96. The van der Waals surface area contributed by atoms with Gasteiger partial charge in [0.15, 0.2) is 5.78 Å². The molecule has 3 aromatic carbocycles. The third kappa shape index (κ3) is 5.61. The monoisotopic (exact) mass is 492 g/mol. The Bertz CT molecular complexity index is 1160. The molecule has 3 aliphatic carbocycles. The van der Waals surface area contributed by atoms with Crippen molar-refractivity contribution in [1.29, 1.82) is 0 Å². The van der Waals surface area contributed by atoms with Gasteiger partial charge in [-0.05, 0) is 85.6 Å². The van der Waals surface area contributed by atoms with Crippen molar-refractivity contribution in [2.24, 2.45) is 0 Å². The van der Waals surface area contributed by atoms with Crippen LogP contribution in [0.1, 0.15) is 16.7 Å². The van der Waals surface area contributed by atoms with Gasteiger partial charge in [0.05, 0.1) is 0 Å². The van der Waals surface area contributed by atoms with Gasteiger partial charge in [-0.2, -0.15) is 0 Å². The van der Waals surface area contributed by atoms with Crippen LogP contribution in [0.3, 0.4) is 0 Å². The number of hydrogen-bond acceptors (Lipinski definition) is 1. The largest absolute Gasteiger partial charge is 2.00 e. The van der Waals surface area contributed by atoms with Crippen LogP contribution in [0.25, 0.3) is 16.7 Å². The van der Waals surface area contributed by atoms with Crippen molar-refractivity contribution in [3.05, 3.63) is 177 Å². The maximum Gasteiger partial charge on any atom is 2.00 e. The zero-order valence-electron chi connectivity index (χ0n) is 19.1. The molecule has 0 spiro atoms. The first kappa shape index (κ1) is 25.4. The van der Waals surface area contributed by atoms with Crippen LogP contribution in [0.15, 0.2) is 96.6 Å². The predicted octanol–water partition coefficient (Wildman–Crippen LogP) is 7.06. The Balaban J connectivity index is 0.000000431. The van der Waals surface area contributed by atoms with Crippen molar-refractivity contribution in [2.45, 2.75) is 0 Å². The summed E-state index contributed by atoms with van der Waals surface area (Å²) in [5, 5.41) is 0.